The smallest absolute Gasteiger partial charge is 0.245 e. The molecule has 5 heteroatoms. The van der Waals surface area contributed by atoms with Crippen LogP contribution in [0.25, 0.3) is 0 Å². The van der Waals surface area contributed by atoms with Crippen LogP contribution in [0.4, 0.5) is 0 Å². The maximum atomic E-state index is 13.3. The van der Waals surface area contributed by atoms with Crippen LogP contribution in [0.1, 0.15) is 57.9 Å². The lowest BCUT2D eigenvalue weighted by molar-refractivity contribution is 0.0153. The van der Waals surface area contributed by atoms with E-state index in [0.717, 1.165) is 49.7 Å². The molecule has 1 aromatic carbocycles. The number of ether oxygens (including phenoxy) is 1. The highest BCUT2D eigenvalue weighted by Crippen LogP contribution is 2.22. The van der Waals surface area contributed by atoms with Crippen LogP contribution in [-0.2, 0) is 14.8 Å². The fourth-order valence-corrected chi connectivity index (χ4v) is 4.23. The van der Waals surface area contributed by atoms with Gasteiger partial charge in [-0.25, -0.2) is 8.42 Å². The van der Waals surface area contributed by atoms with Crippen molar-refractivity contribution in [1.82, 2.24) is 4.31 Å². The highest BCUT2D eigenvalue weighted by atomic mass is 32.2. The van der Waals surface area contributed by atoms with Crippen molar-refractivity contribution >= 4 is 10.0 Å². The van der Waals surface area contributed by atoms with Gasteiger partial charge in [0.1, 0.15) is 6.23 Å². The molecule has 0 unspecified atom stereocenters. The molecule has 4 nitrogen and oxygen atoms in total. The van der Waals surface area contributed by atoms with Crippen molar-refractivity contribution in [2.45, 2.75) is 70.4 Å². The molecule has 0 aliphatic carbocycles. The molecule has 0 spiro atoms. The molecule has 0 fully saturated rings. The van der Waals surface area contributed by atoms with Gasteiger partial charge in [0.15, 0.2) is 0 Å². The average molecular weight is 394 g/mol. The number of nitrogens with zero attached hydrogens (tertiary/aromatic N) is 1. The van der Waals surface area contributed by atoms with Gasteiger partial charge in [-0.15, -0.1) is 0 Å². The average Bonchev–Trinajstić information content (AvgIpc) is 2.65. The van der Waals surface area contributed by atoms with E-state index in [1.54, 1.807) is 18.2 Å². The van der Waals surface area contributed by atoms with Crippen LogP contribution in [-0.4, -0.2) is 32.1 Å². The summed E-state index contributed by atoms with van der Waals surface area (Å²) in [6.45, 7) is 14.8. The minimum Gasteiger partial charge on any atom is -0.358 e. The summed E-state index contributed by atoms with van der Waals surface area (Å²) in [5.41, 5.74) is 1.90. The first-order valence-corrected chi connectivity index (χ1v) is 11.3. The Kier molecular flexibility index (Phi) is 10.6. The summed E-state index contributed by atoms with van der Waals surface area (Å²) in [6.07, 6.45) is 6.73. The number of sulfonamides is 1. The highest BCUT2D eigenvalue weighted by Gasteiger charge is 2.31. The molecule has 0 N–H and O–H groups in total. The molecule has 0 saturated heterocycles. The summed E-state index contributed by atoms with van der Waals surface area (Å²) < 4.78 is 33.9. The SMILES string of the molecule is C=C[C@H](OCCCCC)N(CC(=C)CCCC)S(=O)(=O)c1ccc(C)cc1. The Morgan fingerprint density at radius 2 is 1.78 bits per heavy atom. The van der Waals surface area contributed by atoms with Crippen molar-refractivity contribution in [2.24, 2.45) is 0 Å². The molecule has 0 radical (unpaired) electrons. The second kappa shape index (κ2) is 12.1. The number of unbranched alkanes of at least 4 members (excludes halogenated alkanes) is 3. The topological polar surface area (TPSA) is 46.6 Å². The van der Waals surface area contributed by atoms with E-state index in [-0.39, 0.29) is 11.4 Å². The summed E-state index contributed by atoms with van der Waals surface area (Å²) in [5, 5.41) is 0. The Morgan fingerprint density at radius 3 is 2.33 bits per heavy atom. The minimum atomic E-state index is -3.72. The normalized spacial score (nSPS) is 12.9. The molecular formula is C22H35NO3S. The monoisotopic (exact) mass is 393 g/mol. The molecule has 1 atom stereocenters. The summed E-state index contributed by atoms with van der Waals surface area (Å²) in [6, 6.07) is 6.90. The first-order chi connectivity index (χ1) is 12.9. The van der Waals surface area contributed by atoms with Gasteiger partial charge in [-0.2, -0.15) is 4.31 Å². The van der Waals surface area contributed by atoms with E-state index < -0.39 is 16.3 Å². The second-order valence-corrected chi connectivity index (χ2v) is 8.81. The molecule has 0 aliphatic rings. The van der Waals surface area contributed by atoms with Crippen LogP contribution in [0.5, 0.6) is 0 Å². The van der Waals surface area contributed by atoms with Crippen LogP contribution in [0, 0.1) is 6.92 Å². The van der Waals surface area contributed by atoms with Gasteiger partial charge in [0.2, 0.25) is 10.0 Å². The van der Waals surface area contributed by atoms with E-state index in [1.165, 1.54) is 4.31 Å². The number of benzene rings is 1. The highest BCUT2D eigenvalue weighted by molar-refractivity contribution is 7.89. The lowest BCUT2D eigenvalue weighted by Gasteiger charge is -2.29. The van der Waals surface area contributed by atoms with Crippen molar-refractivity contribution in [3.8, 4) is 0 Å². The van der Waals surface area contributed by atoms with E-state index in [0.29, 0.717) is 6.61 Å². The first kappa shape index (κ1) is 23.6. The van der Waals surface area contributed by atoms with E-state index >= 15 is 0 Å². The predicted octanol–water partition coefficient (Wildman–Crippen LogP) is 5.45. The lowest BCUT2D eigenvalue weighted by atomic mass is 10.1. The third-order valence-electron chi connectivity index (χ3n) is 4.41. The number of hydrogen-bond acceptors (Lipinski definition) is 3. The van der Waals surface area contributed by atoms with Gasteiger partial charge >= 0.3 is 0 Å². The third kappa shape index (κ3) is 7.60. The molecule has 0 amide bonds. The number of hydrogen-bond donors (Lipinski definition) is 0. The fourth-order valence-electron chi connectivity index (χ4n) is 2.71. The maximum Gasteiger partial charge on any atom is 0.245 e. The van der Waals surface area contributed by atoms with Crippen LogP contribution < -0.4 is 0 Å². The van der Waals surface area contributed by atoms with Crippen LogP contribution in [0.15, 0.2) is 54.0 Å². The fraction of sp³-hybridized carbons (Fsp3) is 0.545. The van der Waals surface area contributed by atoms with Crippen molar-refractivity contribution in [2.75, 3.05) is 13.2 Å². The van der Waals surface area contributed by atoms with Crippen molar-refractivity contribution < 1.29 is 13.2 Å². The summed E-state index contributed by atoms with van der Waals surface area (Å²) in [7, 11) is -3.72. The first-order valence-electron chi connectivity index (χ1n) is 9.86. The Hall–Kier alpha value is -1.43. The standard InChI is InChI=1S/C22H35NO3S/c1-6-9-11-17-26-22(8-3)23(18-20(5)12-10-7-2)27(24,25)21-15-13-19(4)14-16-21/h8,13-16,22H,3,5-7,9-12,17-18H2,1-2,4H3/t22-/m0/s1. The molecule has 1 aromatic rings. The Balaban J connectivity index is 3.08. The van der Waals surface area contributed by atoms with E-state index in [1.807, 2.05) is 19.1 Å². The Labute approximate surface area is 166 Å². The zero-order valence-electron chi connectivity index (χ0n) is 17.1. The van der Waals surface area contributed by atoms with Gasteiger partial charge in [0.05, 0.1) is 4.90 Å². The van der Waals surface area contributed by atoms with Gasteiger partial charge in [0, 0.05) is 13.2 Å². The summed E-state index contributed by atoms with van der Waals surface area (Å²) in [4.78, 5) is 0.264. The molecule has 27 heavy (non-hydrogen) atoms. The molecule has 0 aromatic heterocycles. The van der Waals surface area contributed by atoms with E-state index in [4.69, 9.17) is 4.74 Å². The molecular weight excluding hydrogens is 358 g/mol. The van der Waals surface area contributed by atoms with Gasteiger partial charge in [-0.3, -0.25) is 0 Å². The number of rotatable bonds is 14. The molecule has 0 heterocycles. The molecule has 0 bridgehead atoms. The maximum absolute atomic E-state index is 13.3. The second-order valence-electron chi connectivity index (χ2n) is 6.92. The molecule has 152 valence electrons. The van der Waals surface area contributed by atoms with Crippen LogP contribution >= 0.6 is 0 Å². The van der Waals surface area contributed by atoms with Gasteiger partial charge in [-0.1, -0.05) is 69.5 Å². The van der Waals surface area contributed by atoms with Crippen molar-refractivity contribution in [3.05, 3.63) is 54.6 Å². The summed E-state index contributed by atoms with van der Waals surface area (Å²) in [5.74, 6) is 0. The van der Waals surface area contributed by atoms with Crippen LogP contribution in [0.2, 0.25) is 0 Å². The molecule has 0 saturated carbocycles. The van der Waals surface area contributed by atoms with E-state index in [9.17, 15) is 8.42 Å². The third-order valence-corrected chi connectivity index (χ3v) is 6.24. The summed E-state index contributed by atoms with van der Waals surface area (Å²) >= 11 is 0. The van der Waals surface area contributed by atoms with Gasteiger partial charge in [0.25, 0.3) is 0 Å². The minimum absolute atomic E-state index is 0.237. The zero-order valence-corrected chi connectivity index (χ0v) is 17.9. The zero-order chi connectivity index (χ0) is 20.3. The lowest BCUT2D eigenvalue weighted by Crippen LogP contribution is -2.42. The predicted molar refractivity (Wildman–Crippen MR) is 113 cm³/mol. The Morgan fingerprint density at radius 1 is 1.15 bits per heavy atom. The largest absolute Gasteiger partial charge is 0.358 e. The van der Waals surface area contributed by atoms with Crippen molar-refractivity contribution in [1.29, 1.82) is 0 Å². The Bertz CT molecular complexity index is 680. The van der Waals surface area contributed by atoms with E-state index in [2.05, 4.69) is 27.0 Å². The van der Waals surface area contributed by atoms with Crippen LogP contribution in [0.3, 0.4) is 0 Å². The quantitative estimate of drug-likeness (QED) is 0.240. The molecule has 0 aliphatic heterocycles. The van der Waals surface area contributed by atoms with Crippen molar-refractivity contribution in [3.63, 3.8) is 0 Å². The van der Waals surface area contributed by atoms with Gasteiger partial charge in [-0.05, 0) is 44.4 Å². The van der Waals surface area contributed by atoms with Gasteiger partial charge < -0.3 is 4.74 Å². The molecule has 1 rings (SSSR count). The number of aryl methyl sites for hydroxylation is 1.